The lowest BCUT2D eigenvalue weighted by Gasteiger charge is -2.49. The van der Waals surface area contributed by atoms with Crippen LogP contribution < -0.4 is 16.1 Å². The summed E-state index contributed by atoms with van der Waals surface area (Å²) in [6, 6.07) is 7.03. The first-order chi connectivity index (χ1) is 23.2. The molecule has 49 heavy (non-hydrogen) atoms. The van der Waals surface area contributed by atoms with E-state index in [4.69, 9.17) is 44.1 Å². The number of carboxylic acid groups (broad SMARTS) is 1. The predicted molar refractivity (Wildman–Crippen MR) is 172 cm³/mol. The van der Waals surface area contributed by atoms with Gasteiger partial charge in [0, 0.05) is 29.2 Å². The van der Waals surface area contributed by atoms with Crippen molar-refractivity contribution >= 4 is 93.4 Å². The number of rotatable bonds is 9. The summed E-state index contributed by atoms with van der Waals surface area (Å²) < 4.78 is 10.2. The average Bonchev–Trinajstić information content (AvgIpc) is 3.08. The SMILES string of the molecule is O=C(O)C1=C(COC(=O)N(Cl)C(=O)C(Cl)Cl)CS[C@H]2[C@H](NC(=O)C(NC(=O)c3coc4cc(O)c(O)cc4c3=O)c3ccccc3)C(=O)N12. The maximum atomic E-state index is 13.6. The molecule has 1 fully saturated rings. The van der Waals surface area contributed by atoms with E-state index in [9.17, 15) is 48.9 Å². The van der Waals surface area contributed by atoms with Crippen LogP contribution in [0.15, 0.2) is 69.2 Å². The molecule has 3 aromatic rings. The summed E-state index contributed by atoms with van der Waals surface area (Å²) in [6.45, 7) is -0.668. The minimum Gasteiger partial charge on any atom is -0.504 e. The third-order valence-corrected chi connectivity index (χ3v) is 9.26. The molecule has 0 bridgehead atoms. The third kappa shape index (κ3) is 6.96. The molecule has 0 saturated carbocycles. The Bertz CT molecular complexity index is 1990. The fourth-order valence-electron chi connectivity index (χ4n) is 4.88. The van der Waals surface area contributed by atoms with Gasteiger partial charge >= 0.3 is 12.1 Å². The van der Waals surface area contributed by atoms with E-state index >= 15 is 0 Å². The fraction of sp³-hybridized carbons (Fsp3) is 0.207. The molecular weight excluding hydrogens is 735 g/mol. The van der Waals surface area contributed by atoms with E-state index in [0.29, 0.717) is 0 Å². The maximum absolute atomic E-state index is 13.6. The zero-order valence-electron chi connectivity index (χ0n) is 24.3. The Morgan fingerprint density at radius 1 is 1.08 bits per heavy atom. The lowest BCUT2D eigenvalue weighted by molar-refractivity contribution is -0.151. The number of hydrogen-bond donors (Lipinski definition) is 5. The van der Waals surface area contributed by atoms with Crippen LogP contribution >= 0.6 is 46.7 Å². The minimum absolute atomic E-state index is 0.0155. The van der Waals surface area contributed by atoms with Gasteiger partial charge in [-0.05, 0) is 11.6 Å². The second-order valence-electron chi connectivity index (χ2n) is 10.3. The number of aliphatic carboxylic acids is 1. The van der Waals surface area contributed by atoms with Crippen molar-refractivity contribution in [1.29, 1.82) is 0 Å². The fourth-order valence-corrected chi connectivity index (χ4v) is 6.65. The van der Waals surface area contributed by atoms with E-state index in [1.165, 1.54) is 12.1 Å². The highest BCUT2D eigenvalue weighted by atomic mass is 35.5. The Kier molecular flexibility index (Phi) is 10.3. The van der Waals surface area contributed by atoms with Crippen LogP contribution in [0.1, 0.15) is 22.0 Å². The van der Waals surface area contributed by atoms with Gasteiger partial charge in [-0.3, -0.25) is 28.9 Å². The molecule has 5 rings (SSSR count). The number of aromatic hydroxyl groups is 2. The van der Waals surface area contributed by atoms with Gasteiger partial charge in [0.2, 0.25) is 11.3 Å². The van der Waals surface area contributed by atoms with E-state index in [1.807, 2.05) is 0 Å². The van der Waals surface area contributed by atoms with Crippen LogP contribution in [0.25, 0.3) is 11.0 Å². The summed E-state index contributed by atoms with van der Waals surface area (Å²) in [7, 11) is 0. The Labute approximate surface area is 293 Å². The molecule has 0 spiro atoms. The van der Waals surface area contributed by atoms with Gasteiger partial charge in [0.15, 0.2) is 16.3 Å². The van der Waals surface area contributed by atoms with Crippen molar-refractivity contribution < 1.29 is 53.2 Å². The second kappa shape index (κ2) is 14.3. The topological polar surface area (TPSA) is 233 Å². The Hall–Kier alpha value is -4.97. The number of hydrogen-bond acceptors (Lipinski definition) is 12. The lowest BCUT2D eigenvalue weighted by atomic mass is 10.0. The number of alkyl halides is 2. The number of benzene rings is 2. The summed E-state index contributed by atoms with van der Waals surface area (Å²) >= 11 is 17.4. The van der Waals surface area contributed by atoms with E-state index in [1.54, 1.807) is 18.2 Å². The molecule has 2 aliphatic heterocycles. The van der Waals surface area contributed by atoms with Gasteiger partial charge in [-0.15, -0.1) is 11.8 Å². The van der Waals surface area contributed by atoms with Gasteiger partial charge in [-0.25, -0.2) is 9.59 Å². The molecule has 2 aliphatic rings. The van der Waals surface area contributed by atoms with Crippen molar-refractivity contribution in [3.63, 3.8) is 0 Å². The van der Waals surface area contributed by atoms with Crippen molar-refractivity contribution in [3.8, 4) is 11.5 Å². The number of ether oxygens (including phenoxy) is 1. The summed E-state index contributed by atoms with van der Waals surface area (Å²) in [6.07, 6.45) is -0.568. The molecule has 1 unspecified atom stereocenters. The average molecular weight is 756 g/mol. The smallest absolute Gasteiger partial charge is 0.432 e. The van der Waals surface area contributed by atoms with Gasteiger partial charge in [-0.1, -0.05) is 53.5 Å². The van der Waals surface area contributed by atoms with E-state index < -0.39 is 92.8 Å². The first-order valence-electron chi connectivity index (χ1n) is 13.7. The number of phenols is 2. The van der Waals surface area contributed by atoms with Crippen LogP contribution in [0.2, 0.25) is 0 Å². The van der Waals surface area contributed by atoms with Crippen molar-refractivity contribution in [3.05, 3.63) is 81.3 Å². The number of carbonyl (C=O) groups excluding carboxylic acids is 5. The highest BCUT2D eigenvalue weighted by molar-refractivity contribution is 8.00. The second-order valence-corrected chi connectivity index (χ2v) is 12.8. The van der Waals surface area contributed by atoms with Crippen molar-refractivity contribution in [2.45, 2.75) is 22.3 Å². The predicted octanol–water partition coefficient (Wildman–Crippen LogP) is 2.34. The summed E-state index contributed by atoms with van der Waals surface area (Å²) in [5.41, 5.74) is -1.78. The Morgan fingerprint density at radius 2 is 1.76 bits per heavy atom. The number of carbonyl (C=O) groups is 6. The van der Waals surface area contributed by atoms with Crippen LogP contribution in [0.4, 0.5) is 4.79 Å². The van der Waals surface area contributed by atoms with E-state index in [-0.39, 0.29) is 32.3 Å². The van der Waals surface area contributed by atoms with Gasteiger partial charge in [0.25, 0.3) is 17.7 Å². The number of phenolic OH excluding ortho intramolecular Hbond substituents is 2. The third-order valence-electron chi connectivity index (χ3n) is 7.24. The summed E-state index contributed by atoms with van der Waals surface area (Å²) in [5, 5.41) is 33.2. The first-order valence-corrected chi connectivity index (χ1v) is 16.0. The Balaban J connectivity index is 1.33. The molecule has 0 radical (unpaired) electrons. The van der Waals surface area contributed by atoms with Crippen molar-refractivity contribution in [2.24, 2.45) is 0 Å². The normalized spacial score (nSPS) is 17.6. The van der Waals surface area contributed by atoms with Crippen LogP contribution in [0.5, 0.6) is 11.5 Å². The molecule has 5 N–H and O–H groups in total. The van der Waals surface area contributed by atoms with Crippen molar-refractivity contribution in [1.82, 2.24) is 20.0 Å². The van der Waals surface area contributed by atoms with Crippen LogP contribution in [-0.2, 0) is 23.9 Å². The van der Waals surface area contributed by atoms with Gasteiger partial charge in [-0.2, -0.15) is 4.42 Å². The summed E-state index contributed by atoms with van der Waals surface area (Å²) in [5.74, 6) is -6.75. The number of carboxylic acids is 1. The number of nitrogens with one attached hydrogen (secondary N) is 2. The minimum atomic E-state index is -1.67. The molecule has 1 saturated heterocycles. The van der Waals surface area contributed by atoms with Gasteiger partial charge in [0.05, 0.1) is 5.39 Å². The number of β-lactam (4-membered cyclic amide) rings is 1. The molecule has 0 aliphatic carbocycles. The molecule has 2 aromatic carbocycles. The van der Waals surface area contributed by atoms with E-state index in [2.05, 4.69) is 10.6 Å². The number of halogens is 3. The molecular formula is C29H21Cl3N4O12S. The lowest BCUT2D eigenvalue weighted by Crippen LogP contribution is -2.71. The molecule has 20 heteroatoms. The zero-order valence-corrected chi connectivity index (χ0v) is 27.4. The van der Waals surface area contributed by atoms with Crippen LogP contribution in [0.3, 0.4) is 0 Å². The first kappa shape index (κ1) is 35.3. The maximum Gasteiger partial charge on any atom is 0.432 e. The molecule has 3 heterocycles. The van der Waals surface area contributed by atoms with E-state index in [0.717, 1.165) is 35.1 Å². The van der Waals surface area contributed by atoms with Gasteiger partial charge < -0.3 is 35.1 Å². The number of imide groups is 1. The number of thioether (sulfide) groups is 1. The van der Waals surface area contributed by atoms with Crippen molar-refractivity contribution in [2.75, 3.05) is 12.4 Å². The molecule has 16 nitrogen and oxygen atoms in total. The zero-order chi connectivity index (χ0) is 35.7. The monoisotopic (exact) mass is 754 g/mol. The summed E-state index contributed by atoms with van der Waals surface area (Å²) in [4.78, 5) is 88.4. The number of nitrogens with zero attached hydrogens (tertiary/aromatic N) is 2. The largest absolute Gasteiger partial charge is 0.504 e. The van der Waals surface area contributed by atoms with Crippen LogP contribution in [-0.4, -0.2) is 88.9 Å². The highest BCUT2D eigenvalue weighted by Crippen LogP contribution is 2.40. The number of amides is 5. The van der Waals surface area contributed by atoms with Gasteiger partial charge in [0.1, 0.15) is 47.2 Å². The quantitative estimate of drug-likeness (QED) is 0.0915. The molecule has 1 aromatic heterocycles. The molecule has 5 amide bonds. The Morgan fingerprint density at radius 3 is 2.41 bits per heavy atom. The van der Waals surface area contributed by atoms with Crippen LogP contribution in [0, 0.1) is 0 Å². The number of fused-ring (bicyclic) bond motifs is 2. The molecule has 256 valence electrons. The molecule has 3 atom stereocenters. The standard InChI is InChI=1S/C29H21Cl3N4O12S/c30-22(31)26(43)36(32)29(46)48-8-12-10-49-27-19(25(42)35(27)20(12)28(44)45)34-24(41)18(11-4-2-1-3-5-11)33-23(40)14-9-47-17-7-16(38)15(37)6-13(17)21(14)39/h1-7,9,18-19,22,27,37-38H,8,10H2,(H,33,40)(H,34,41)(H,44,45)/t18?,19-,27+/m1/s1. The highest BCUT2D eigenvalue weighted by Gasteiger charge is 2.54.